The average Bonchev–Trinajstić information content (AvgIpc) is 3.23. The molecule has 0 bridgehead atoms. The highest BCUT2D eigenvalue weighted by Crippen LogP contribution is 2.29. The van der Waals surface area contributed by atoms with Crippen LogP contribution in [-0.4, -0.2) is 39.0 Å². The molecule has 23 heavy (non-hydrogen) atoms. The summed E-state index contributed by atoms with van der Waals surface area (Å²) >= 11 is 1.64. The number of nitrogens with zero attached hydrogens (tertiary/aromatic N) is 4. The van der Waals surface area contributed by atoms with Gasteiger partial charge in [0.25, 0.3) is 0 Å². The van der Waals surface area contributed by atoms with E-state index in [1.165, 1.54) is 0 Å². The normalized spacial score (nSPS) is 18.5. The van der Waals surface area contributed by atoms with E-state index in [2.05, 4.69) is 15.1 Å². The third-order valence-corrected chi connectivity index (χ3v) is 5.07. The Labute approximate surface area is 137 Å². The Hall–Kier alpha value is -2.28. The number of carbonyl (C=O) groups excluding carboxylic acids is 1. The van der Waals surface area contributed by atoms with Gasteiger partial charge >= 0.3 is 0 Å². The van der Waals surface area contributed by atoms with Gasteiger partial charge in [0, 0.05) is 31.8 Å². The number of amides is 1. The third kappa shape index (κ3) is 2.72. The fourth-order valence-electron chi connectivity index (χ4n) is 2.95. The zero-order valence-electron chi connectivity index (χ0n) is 12.7. The van der Waals surface area contributed by atoms with E-state index in [1.54, 1.807) is 24.5 Å². The van der Waals surface area contributed by atoms with Gasteiger partial charge in [0.1, 0.15) is 0 Å². The van der Waals surface area contributed by atoms with Crippen LogP contribution in [0.5, 0.6) is 0 Å². The maximum Gasteiger partial charge on any atom is 0.231 e. The molecule has 0 N–H and O–H groups in total. The molecule has 0 aliphatic carbocycles. The second-order valence-electron chi connectivity index (χ2n) is 5.79. The molecule has 0 radical (unpaired) electrons. The van der Waals surface area contributed by atoms with E-state index >= 15 is 0 Å². The van der Waals surface area contributed by atoms with E-state index in [1.807, 2.05) is 22.4 Å². The molecular formula is C16H16N4O2S. The summed E-state index contributed by atoms with van der Waals surface area (Å²) in [4.78, 5) is 22.3. The number of carbonyl (C=O) groups is 1. The van der Waals surface area contributed by atoms with Crippen LogP contribution >= 0.6 is 11.3 Å². The van der Waals surface area contributed by atoms with Gasteiger partial charge in [0.05, 0.1) is 16.1 Å². The van der Waals surface area contributed by atoms with Gasteiger partial charge in [-0.05, 0) is 30.4 Å². The second-order valence-corrected chi connectivity index (χ2v) is 6.74. The van der Waals surface area contributed by atoms with Crippen LogP contribution in [0.3, 0.4) is 0 Å². The van der Waals surface area contributed by atoms with Crippen molar-refractivity contribution in [1.29, 1.82) is 0 Å². The molecule has 1 saturated heterocycles. The monoisotopic (exact) mass is 328 g/mol. The van der Waals surface area contributed by atoms with Crippen molar-refractivity contribution in [2.24, 2.45) is 0 Å². The Morgan fingerprint density at radius 3 is 3.26 bits per heavy atom. The van der Waals surface area contributed by atoms with Crippen molar-refractivity contribution in [3.63, 3.8) is 0 Å². The maximum atomic E-state index is 11.6. The van der Waals surface area contributed by atoms with E-state index in [-0.39, 0.29) is 11.8 Å². The molecule has 6 nitrogen and oxygen atoms in total. The van der Waals surface area contributed by atoms with E-state index in [0.29, 0.717) is 18.3 Å². The molecule has 3 aromatic rings. The molecule has 7 heteroatoms. The minimum absolute atomic E-state index is 0.0989. The molecule has 0 aromatic carbocycles. The van der Waals surface area contributed by atoms with E-state index in [9.17, 15) is 4.79 Å². The summed E-state index contributed by atoms with van der Waals surface area (Å²) in [5.74, 6) is 1.38. The Balaban J connectivity index is 1.59. The number of pyridine rings is 1. The number of thiophene rings is 1. The average molecular weight is 328 g/mol. The summed E-state index contributed by atoms with van der Waals surface area (Å²) in [6.45, 7) is 3.06. The van der Waals surface area contributed by atoms with Crippen molar-refractivity contribution in [2.75, 3.05) is 13.1 Å². The summed E-state index contributed by atoms with van der Waals surface area (Å²) in [6.07, 6.45) is 3.70. The van der Waals surface area contributed by atoms with Gasteiger partial charge in [-0.2, -0.15) is 4.98 Å². The van der Waals surface area contributed by atoms with Gasteiger partial charge in [-0.25, -0.2) is 0 Å². The van der Waals surface area contributed by atoms with Gasteiger partial charge < -0.3 is 9.42 Å². The summed E-state index contributed by atoms with van der Waals surface area (Å²) in [5, 5.41) is 6.11. The van der Waals surface area contributed by atoms with Crippen LogP contribution < -0.4 is 0 Å². The molecule has 3 aromatic heterocycles. The van der Waals surface area contributed by atoms with Crippen LogP contribution in [0, 0.1) is 0 Å². The molecule has 1 fully saturated rings. The van der Waals surface area contributed by atoms with E-state index in [0.717, 1.165) is 35.2 Å². The van der Waals surface area contributed by atoms with Crippen molar-refractivity contribution in [1.82, 2.24) is 20.0 Å². The molecular weight excluding hydrogens is 312 g/mol. The van der Waals surface area contributed by atoms with Gasteiger partial charge in [-0.3, -0.25) is 9.78 Å². The molecule has 118 valence electrons. The minimum atomic E-state index is 0.0989. The lowest BCUT2D eigenvalue weighted by Crippen LogP contribution is -2.37. The van der Waals surface area contributed by atoms with Crippen LogP contribution in [0.1, 0.15) is 31.6 Å². The predicted molar refractivity (Wildman–Crippen MR) is 87.1 cm³/mol. The largest absolute Gasteiger partial charge is 0.342 e. The standard InChI is InChI=1S/C16H16N4O2S/c1-10(21)20-5-2-3-11(9-20)16-18-15(19-22-16)12-7-14-13(17-8-12)4-6-23-14/h4,6-8,11H,2-3,5,9H2,1H3/t11-/m1/s1. The molecule has 0 saturated carbocycles. The van der Waals surface area contributed by atoms with Crippen LogP contribution in [-0.2, 0) is 4.79 Å². The van der Waals surface area contributed by atoms with Crippen molar-refractivity contribution in [3.8, 4) is 11.4 Å². The lowest BCUT2D eigenvalue weighted by molar-refractivity contribution is -0.130. The first-order valence-electron chi connectivity index (χ1n) is 7.63. The van der Waals surface area contributed by atoms with Crippen LogP contribution in [0.4, 0.5) is 0 Å². The van der Waals surface area contributed by atoms with Crippen LogP contribution in [0.15, 0.2) is 28.2 Å². The molecule has 4 rings (SSSR count). The maximum absolute atomic E-state index is 11.6. The highest BCUT2D eigenvalue weighted by molar-refractivity contribution is 7.17. The van der Waals surface area contributed by atoms with E-state index < -0.39 is 0 Å². The number of piperidine rings is 1. The topological polar surface area (TPSA) is 72.1 Å². The minimum Gasteiger partial charge on any atom is -0.342 e. The Morgan fingerprint density at radius 1 is 1.48 bits per heavy atom. The highest BCUT2D eigenvalue weighted by atomic mass is 32.1. The summed E-state index contributed by atoms with van der Waals surface area (Å²) < 4.78 is 6.56. The van der Waals surface area contributed by atoms with Gasteiger partial charge in [-0.15, -0.1) is 11.3 Å². The number of aromatic nitrogens is 3. The van der Waals surface area contributed by atoms with Crippen molar-refractivity contribution in [3.05, 3.63) is 29.6 Å². The SMILES string of the molecule is CC(=O)N1CCC[C@@H](c2nc(-c3cnc4ccsc4c3)no2)C1. The number of hydrogen-bond acceptors (Lipinski definition) is 6. The van der Waals surface area contributed by atoms with Crippen molar-refractivity contribution >= 4 is 27.5 Å². The van der Waals surface area contributed by atoms with Gasteiger partial charge in [-0.1, -0.05) is 5.16 Å². The van der Waals surface area contributed by atoms with Crippen molar-refractivity contribution < 1.29 is 9.32 Å². The summed E-state index contributed by atoms with van der Waals surface area (Å²) in [6, 6.07) is 4.02. The molecule has 0 unspecified atom stereocenters. The summed E-state index contributed by atoms with van der Waals surface area (Å²) in [7, 11) is 0. The van der Waals surface area contributed by atoms with Crippen LogP contribution in [0.2, 0.25) is 0 Å². The smallest absolute Gasteiger partial charge is 0.231 e. The lowest BCUT2D eigenvalue weighted by atomic mass is 9.98. The second kappa shape index (κ2) is 5.73. The first-order valence-corrected chi connectivity index (χ1v) is 8.51. The zero-order chi connectivity index (χ0) is 15.8. The molecule has 1 amide bonds. The fraction of sp³-hybridized carbons (Fsp3) is 0.375. The van der Waals surface area contributed by atoms with E-state index in [4.69, 9.17) is 4.52 Å². The third-order valence-electron chi connectivity index (χ3n) is 4.22. The number of hydrogen-bond donors (Lipinski definition) is 0. The van der Waals surface area contributed by atoms with Crippen LogP contribution in [0.25, 0.3) is 21.6 Å². The molecule has 0 spiro atoms. The summed E-state index contributed by atoms with van der Waals surface area (Å²) in [5.41, 5.74) is 1.83. The number of likely N-dealkylation sites (tertiary alicyclic amines) is 1. The lowest BCUT2D eigenvalue weighted by Gasteiger charge is -2.29. The number of fused-ring (bicyclic) bond motifs is 1. The predicted octanol–water partition coefficient (Wildman–Crippen LogP) is 3.07. The molecule has 1 aliphatic rings. The Kier molecular flexibility index (Phi) is 3.57. The molecule has 1 aliphatic heterocycles. The molecule has 1 atom stereocenters. The molecule has 4 heterocycles. The fourth-order valence-corrected chi connectivity index (χ4v) is 3.73. The Bertz CT molecular complexity index is 857. The highest BCUT2D eigenvalue weighted by Gasteiger charge is 2.27. The zero-order valence-corrected chi connectivity index (χ0v) is 13.5. The quantitative estimate of drug-likeness (QED) is 0.723. The Morgan fingerprint density at radius 2 is 2.39 bits per heavy atom. The first-order chi connectivity index (χ1) is 11.2. The van der Waals surface area contributed by atoms with Gasteiger partial charge in [0.15, 0.2) is 0 Å². The van der Waals surface area contributed by atoms with Gasteiger partial charge in [0.2, 0.25) is 17.6 Å². The van der Waals surface area contributed by atoms with Crippen molar-refractivity contribution in [2.45, 2.75) is 25.7 Å². The first kappa shape index (κ1) is 14.3. The number of rotatable bonds is 2.